The molecule has 0 bridgehead atoms. The zero-order chi connectivity index (χ0) is 14.5. The van der Waals surface area contributed by atoms with Gasteiger partial charge in [0.1, 0.15) is 0 Å². The van der Waals surface area contributed by atoms with Crippen molar-refractivity contribution in [3.05, 3.63) is 29.3 Å². The van der Waals surface area contributed by atoms with E-state index >= 15 is 0 Å². The fraction of sp³-hybridized carbons (Fsp3) is 0.647. The summed E-state index contributed by atoms with van der Waals surface area (Å²) in [4.78, 5) is 2.41. The van der Waals surface area contributed by atoms with Crippen molar-refractivity contribution in [2.45, 2.75) is 46.3 Å². The fourth-order valence-electron chi connectivity index (χ4n) is 2.99. The van der Waals surface area contributed by atoms with E-state index in [0.717, 1.165) is 32.6 Å². The number of hydrogen-bond donors (Lipinski definition) is 2. The fourth-order valence-corrected chi connectivity index (χ4v) is 2.99. The van der Waals surface area contributed by atoms with Gasteiger partial charge < -0.3 is 15.3 Å². The Balaban J connectivity index is 1.99. The first-order valence-electron chi connectivity index (χ1n) is 7.85. The second-order valence-corrected chi connectivity index (χ2v) is 6.03. The Labute approximate surface area is 123 Å². The second kappa shape index (κ2) is 7.09. The molecule has 2 unspecified atom stereocenters. The monoisotopic (exact) mass is 276 g/mol. The van der Waals surface area contributed by atoms with Crippen LogP contribution in [0.3, 0.4) is 0 Å². The summed E-state index contributed by atoms with van der Waals surface area (Å²) in [5.74, 6) is 0.417. The summed E-state index contributed by atoms with van der Waals surface area (Å²) in [6.07, 6.45) is 2.07. The van der Waals surface area contributed by atoms with Gasteiger partial charge in [0.25, 0.3) is 0 Å². The molecule has 1 saturated heterocycles. The van der Waals surface area contributed by atoms with Crippen molar-refractivity contribution in [3.63, 3.8) is 0 Å². The number of anilines is 1. The molecule has 2 atom stereocenters. The standard InChI is InChI=1S/C17H28N2O/c1-4-8-18-11-15-5-6-17(13(2)10-15)19-9-7-16(12-19)14(3)20/h5-6,10,14,16,18,20H,4,7-9,11-12H2,1-3H3. The van der Waals surface area contributed by atoms with Crippen LogP contribution in [0.4, 0.5) is 5.69 Å². The lowest BCUT2D eigenvalue weighted by Crippen LogP contribution is -2.24. The first-order valence-corrected chi connectivity index (χ1v) is 7.85. The molecule has 1 aliphatic rings. The maximum Gasteiger partial charge on any atom is 0.0557 e. The molecule has 2 N–H and O–H groups in total. The summed E-state index contributed by atoms with van der Waals surface area (Å²) in [6.45, 7) is 10.3. The molecule has 0 aliphatic carbocycles. The maximum atomic E-state index is 9.72. The number of hydrogen-bond acceptors (Lipinski definition) is 3. The molecule has 0 radical (unpaired) electrons. The average Bonchev–Trinajstić information content (AvgIpc) is 2.89. The quantitative estimate of drug-likeness (QED) is 0.784. The summed E-state index contributed by atoms with van der Waals surface area (Å²) in [7, 11) is 0. The van der Waals surface area contributed by atoms with Gasteiger partial charge in [-0.05, 0) is 50.4 Å². The van der Waals surface area contributed by atoms with E-state index in [0.29, 0.717) is 5.92 Å². The number of nitrogens with one attached hydrogen (secondary N) is 1. The summed E-state index contributed by atoms with van der Waals surface area (Å²) < 4.78 is 0. The SMILES string of the molecule is CCCNCc1ccc(N2CCC(C(C)O)C2)c(C)c1. The van der Waals surface area contributed by atoms with Crippen molar-refractivity contribution in [1.29, 1.82) is 0 Å². The van der Waals surface area contributed by atoms with Gasteiger partial charge in [0.15, 0.2) is 0 Å². The molecule has 3 heteroatoms. The first kappa shape index (κ1) is 15.3. The van der Waals surface area contributed by atoms with Crippen molar-refractivity contribution < 1.29 is 5.11 Å². The van der Waals surface area contributed by atoms with Crippen molar-refractivity contribution in [2.75, 3.05) is 24.5 Å². The van der Waals surface area contributed by atoms with Crippen molar-refractivity contribution in [1.82, 2.24) is 5.32 Å². The molecule has 1 aromatic rings. The van der Waals surface area contributed by atoms with E-state index in [9.17, 15) is 5.11 Å². The van der Waals surface area contributed by atoms with Crippen molar-refractivity contribution in [2.24, 2.45) is 5.92 Å². The lowest BCUT2D eigenvalue weighted by molar-refractivity contribution is 0.136. The minimum absolute atomic E-state index is 0.196. The first-order chi connectivity index (χ1) is 9.61. The third-order valence-electron chi connectivity index (χ3n) is 4.26. The van der Waals surface area contributed by atoms with Crippen LogP contribution in [-0.2, 0) is 6.54 Å². The van der Waals surface area contributed by atoms with Crippen LogP contribution in [0.2, 0.25) is 0 Å². The van der Waals surface area contributed by atoms with Gasteiger partial charge in [-0.3, -0.25) is 0 Å². The second-order valence-electron chi connectivity index (χ2n) is 6.03. The number of aryl methyl sites for hydroxylation is 1. The zero-order valence-corrected chi connectivity index (χ0v) is 13.0. The largest absolute Gasteiger partial charge is 0.393 e. The van der Waals surface area contributed by atoms with Gasteiger partial charge in [0.2, 0.25) is 0 Å². The molecule has 2 rings (SSSR count). The Morgan fingerprint density at radius 1 is 1.45 bits per heavy atom. The van der Waals surface area contributed by atoms with E-state index < -0.39 is 0 Å². The van der Waals surface area contributed by atoms with E-state index in [2.05, 4.69) is 42.3 Å². The average molecular weight is 276 g/mol. The number of rotatable bonds is 6. The highest BCUT2D eigenvalue weighted by Gasteiger charge is 2.26. The summed E-state index contributed by atoms with van der Waals surface area (Å²) in [6, 6.07) is 6.75. The Morgan fingerprint density at radius 2 is 2.25 bits per heavy atom. The van der Waals surface area contributed by atoms with E-state index in [1.807, 2.05) is 6.92 Å². The third kappa shape index (κ3) is 3.74. The normalized spacial score (nSPS) is 20.4. The van der Waals surface area contributed by atoms with Crippen molar-refractivity contribution >= 4 is 5.69 Å². The molecule has 1 heterocycles. The van der Waals surface area contributed by atoms with Gasteiger partial charge in [0.05, 0.1) is 6.10 Å². The molecule has 0 saturated carbocycles. The maximum absolute atomic E-state index is 9.72. The number of nitrogens with zero attached hydrogens (tertiary/aromatic N) is 1. The highest BCUT2D eigenvalue weighted by Crippen LogP contribution is 2.28. The van der Waals surface area contributed by atoms with Crippen LogP contribution in [0.5, 0.6) is 0 Å². The van der Waals surface area contributed by atoms with Crippen molar-refractivity contribution in [3.8, 4) is 0 Å². The van der Waals surface area contributed by atoms with Crippen LogP contribution < -0.4 is 10.2 Å². The molecular formula is C17H28N2O. The number of aliphatic hydroxyl groups excluding tert-OH is 1. The topological polar surface area (TPSA) is 35.5 Å². The number of aliphatic hydroxyl groups is 1. The molecule has 1 aromatic carbocycles. The molecule has 3 nitrogen and oxygen atoms in total. The van der Waals surface area contributed by atoms with Gasteiger partial charge in [0, 0.05) is 31.2 Å². The molecule has 0 amide bonds. The van der Waals surface area contributed by atoms with Gasteiger partial charge in [-0.25, -0.2) is 0 Å². The predicted octanol–water partition coefficient (Wildman–Crippen LogP) is 2.70. The highest BCUT2D eigenvalue weighted by atomic mass is 16.3. The highest BCUT2D eigenvalue weighted by molar-refractivity contribution is 5.55. The Morgan fingerprint density at radius 3 is 2.85 bits per heavy atom. The Hall–Kier alpha value is -1.06. The minimum Gasteiger partial charge on any atom is -0.393 e. The van der Waals surface area contributed by atoms with Gasteiger partial charge >= 0.3 is 0 Å². The van der Waals surface area contributed by atoms with Crippen LogP contribution in [0.25, 0.3) is 0 Å². The molecule has 20 heavy (non-hydrogen) atoms. The Bertz CT molecular complexity index is 431. The van der Waals surface area contributed by atoms with E-state index in [-0.39, 0.29) is 6.10 Å². The summed E-state index contributed by atoms with van der Waals surface area (Å²) in [5, 5.41) is 13.2. The lowest BCUT2D eigenvalue weighted by Gasteiger charge is -2.22. The van der Waals surface area contributed by atoms with E-state index in [1.54, 1.807) is 0 Å². The lowest BCUT2D eigenvalue weighted by atomic mass is 10.0. The smallest absolute Gasteiger partial charge is 0.0557 e. The van der Waals surface area contributed by atoms with E-state index in [1.165, 1.54) is 23.2 Å². The third-order valence-corrected chi connectivity index (χ3v) is 4.26. The summed E-state index contributed by atoms with van der Waals surface area (Å²) >= 11 is 0. The molecule has 112 valence electrons. The number of benzene rings is 1. The van der Waals surface area contributed by atoms with Gasteiger partial charge in [-0.15, -0.1) is 0 Å². The molecular weight excluding hydrogens is 248 g/mol. The minimum atomic E-state index is -0.196. The predicted molar refractivity (Wildman–Crippen MR) is 85.2 cm³/mol. The van der Waals surface area contributed by atoms with Crippen LogP contribution in [0, 0.1) is 12.8 Å². The van der Waals surface area contributed by atoms with Crippen LogP contribution in [0.15, 0.2) is 18.2 Å². The van der Waals surface area contributed by atoms with Crippen LogP contribution in [-0.4, -0.2) is 30.8 Å². The van der Waals surface area contributed by atoms with Gasteiger partial charge in [-0.1, -0.05) is 19.1 Å². The molecule has 1 aliphatic heterocycles. The Kier molecular flexibility index (Phi) is 5.44. The van der Waals surface area contributed by atoms with Crippen LogP contribution in [0.1, 0.15) is 37.8 Å². The van der Waals surface area contributed by atoms with E-state index in [4.69, 9.17) is 0 Å². The molecule has 0 spiro atoms. The molecule has 0 aromatic heterocycles. The zero-order valence-electron chi connectivity index (χ0n) is 13.0. The molecule has 1 fully saturated rings. The van der Waals surface area contributed by atoms with Gasteiger partial charge in [-0.2, -0.15) is 0 Å². The summed E-state index contributed by atoms with van der Waals surface area (Å²) in [5.41, 5.74) is 4.02. The van der Waals surface area contributed by atoms with Crippen LogP contribution >= 0.6 is 0 Å².